The molecule has 0 aliphatic heterocycles. The molecule has 0 fully saturated rings. The maximum atomic E-state index is 10.7. The fraction of sp³-hybridized carbons (Fsp3) is 0.143. The summed E-state index contributed by atoms with van der Waals surface area (Å²) >= 11 is 0. The largest absolute Gasteiger partial charge is 0.481 e. The van der Waals surface area contributed by atoms with Crippen LogP contribution in [0, 0.1) is 0 Å². The monoisotopic (exact) mass is 303 g/mol. The number of carboxylic acid groups (broad SMARTS) is 1. The van der Waals surface area contributed by atoms with Crippen LogP contribution in [0.3, 0.4) is 0 Å². The Morgan fingerprint density at radius 3 is 2.05 bits per heavy atom. The van der Waals surface area contributed by atoms with E-state index in [1.807, 2.05) is 30.3 Å². The van der Waals surface area contributed by atoms with E-state index in [0.29, 0.717) is 12.0 Å². The molecule has 1 aliphatic carbocycles. The van der Waals surface area contributed by atoms with Gasteiger partial charge in [-0.15, -0.1) is 0 Å². The molecule has 1 aromatic carbocycles. The molecule has 0 saturated carbocycles. The van der Waals surface area contributed by atoms with Gasteiger partial charge in [-0.1, -0.05) is 13.0 Å². The number of aliphatic hydroxyl groups is 2. The summed E-state index contributed by atoms with van der Waals surface area (Å²) in [6, 6.07) is 10.0. The predicted octanol–water partition coefficient (Wildman–Crippen LogP) is 3.08. The van der Waals surface area contributed by atoms with Crippen LogP contribution in [-0.2, 0) is 21.9 Å². The Hall–Kier alpha value is -1.84. The first-order valence-corrected chi connectivity index (χ1v) is 5.51. The Balaban J connectivity index is 0.000000454. The van der Waals surface area contributed by atoms with Crippen molar-refractivity contribution in [3.63, 3.8) is 0 Å². The summed E-state index contributed by atoms with van der Waals surface area (Å²) in [5.41, 5.74) is 0.551. The quantitative estimate of drug-likeness (QED) is 0.446. The first kappa shape index (κ1) is 17.2. The molecule has 2 rings (SSSR count). The van der Waals surface area contributed by atoms with E-state index in [9.17, 15) is 4.79 Å². The van der Waals surface area contributed by atoms with E-state index in [-0.39, 0.29) is 28.2 Å². The second-order valence-electron chi connectivity index (χ2n) is 3.59. The zero-order chi connectivity index (χ0) is 13.5. The normalized spacial score (nSPS) is 12.6. The average Bonchev–Trinajstić information content (AvgIpc) is 3.01. The average molecular weight is 303 g/mol. The van der Waals surface area contributed by atoms with Crippen LogP contribution in [0.4, 0.5) is 0 Å². The number of aliphatic carboxylic acids is 1. The molecular formula is C14H15FeO4-. The van der Waals surface area contributed by atoms with Gasteiger partial charge in [0.25, 0.3) is 5.95 Å². The van der Waals surface area contributed by atoms with Gasteiger partial charge in [-0.2, -0.15) is 18.2 Å². The van der Waals surface area contributed by atoms with Crippen LogP contribution in [0.5, 0.6) is 0 Å². The van der Waals surface area contributed by atoms with E-state index in [1.54, 1.807) is 13.0 Å². The summed E-state index contributed by atoms with van der Waals surface area (Å²) in [6.45, 7) is 1.81. The number of rotatable bonds is 2. The zero-order valence-electron chi connectivity index (χ0n) is 10.4. The first-order valence-electron chi connectivity index (χ1n) is 5.51. The van der Waals surface area contributed by atoms with Gasteiger partial charge in [0.05, 0.1) is 11.1 Å². The van der Waals surface area contributed by atoms with Crippen LogP contribution in [0.2, 0.25) is 0 Å². The van der Waals surface area contributed by atoms with Crippen LogP contribution in [0.1, 0.15) is 13.3 Å². The fourth-order valence-corrected chi connectivity index (χ4v) is 1.58. The number of carbonyl (C=O) groups is 1. The molecule has 0 heterocycles. The molecule has 0 atom stereocenters. The molecule has 3 N–H and O–H groups in total. The van der Waals surface area contributed by atoms with Gasteiger partial charge in [-0.25, -0.2) is 16.9 Å². The van der Waals surface area contributed by atoms with Crippen LogP contribution >= 0.6 is 0 Å². The molecule has 0 radical (unpaired) electrons. The summed E-state index contributed by atoms with van der Waals surface area (Å²) in [5.74, 6) is -2.09. The van der Waals surface area contributed by atoms with Crippen molar-refractivity contribution in [1.29, 1.82) is 0 Å². The summed E-state index contributed by atoms with van der Waals surface area (Å²) in [5, 5.41) is 26.3. The molecule has 1 aromatic rings. The molecule has 104 valence electrons. The first-order chi connectivity index (χ1) is 8.57. The zero-order valence-corrected chi connectivity index (χ0v) is 11.5. The number of allylic oxidation sites excluding steroid dienone is 3. The van der Waals surface area contributed by atoms with Crippen molar-refractivity contribution in [3.05, 3.63) is 65.1 Å². The molecule has 0 amide bonds. The molecule has 4 nitrogen and oxygen atoms in total. The van der Waals surface area contributed by atoms with Crippen molar-refractivity contribution < 1.29 is 37.2 Å². The molecule has 1 aliphatic rings. The fourth-order valence-electron chi connectivity index (χ4n) is 1.58. The minimum Gasteiger partial charge on any atom is -0.481 e. The Labute approximate surface area is 122 Å². The molecule has 0 aromatic heterocycles. The summed E-state index contributed by atoms with van der Waals surface area (Å²) < 4.78 is 0. The summed E-state index contributed by atoms with van der Waals surface area (Å²) in [4.78, 5) is 10.7. The van der Waals surface area contributed by atoms with E-state index < -0.39 is 11.9 Å². The Bertz CT molecular complexity index is 474. The topological polar surface area (TPSA) is 77.8 Å². The van der Waals surface area contributed by atoms with Gasteiger partial charge in [0.15, 0.2) is 0 Å². The van der Waals surface area contributed by atoms with Crippen LogP contribution in [0.15, 0.2) is 65.1 Å². The third-order valence-corrected chi connectivity index (χ3v) is 2.43. The van der Waals surface area contributed by atoms with E-state index >= 15 is 0 Å². The van der Waals surface area contributed by atoms with Crippen molar-refractivity contribution in [2.24, 2.45) is 0 Å². The molecule has 19 heavy (non-hydrogen) atoms. The standard InChI is InChI=1S/C9H10O4.C5H5.Fe/c1-2-5-3-4-6(8(10)11)7(5)9(12)13;1-2-4-5-3-1;/h3-4,10-11H,2H2,1H3,(H,12,13);1-5H;/q;-1;. The maximum Gasteiger partial charge on any atom is 0.336 e. The molecule has 0 bridgehead atoms. The second-order valence-corrected chi connectivity index (χ2v) is 3.59. The molecule has 0 unspecified atom stereocenters. The Morgan fingerprint density at radius 2 is 1.74 bits per heavy atom. The molecule has 0 spiro atoms. The third-order valence-electron chi connectivity index (χ3n) is 2.43. The van der Waals surface area contributed by atoms with Crippen LogP contribution < -0.4 is 0 Å². The summed E-state index contributed by atoms with van der Waals surface area (Å²) in [6.07, 6.45) is 3.51. The van der Waals surface area contributed by atoms with E-state index in [4.69, 9.17) is 15.3 Å². The SMILES string of the molecule is CCC1=C(C(=O)O)C(=C(O)O)C=C1.[Fe].c1cc[cH-]c1. The molecule has 5 heteroatoms. The number of carboxylic acids is 1. The van der Waals surface area contributed by atoms with E-state index in [2.05, 4.69) is 0 Å². The minimum atomic E-state index is -1.14. The Kier molecular flexibility index (Phi) is 7.49. The number of aliphatic hydroxyl groups excluding tert-OH is 1. The third kappa shape index (κ3) is 4.73. The van der Waals surface area contributed by atoms with Gasteiger partial charge in [0, 0.05) is 17.1 Å². The van der Waals surface area contributed by atoms with Gasteiger partial charge >= 0.3 is 5.97 Å². The van der Waals surface area contributed by atoms with Crippen molar-refractivity contribution in [1.82, 2.24) is 0 Å². The molecule has 0 saturated heterocycles. The van der Waals surface area contributed by atoms with Gasteiger partial charge in [-0.3, -0.25) is 0 Å². The van der Waals surface area contributed by atoms with Crippen LogP contribution in [-0.4, -0.2) is 21.3 Å². The smallest absolute Gasteiger partial charge is 0.336 e. The number of hydrogen-bond acceptors (Lipinski definition) is 3. The molecular weight excluding hydrogens is 288 g/mol. The van der Waals surface area contributed by atoms with Crippen molar-refractivity contribution in [3.8, 4) is 0 Å². The maximum absolute atomic E-state index is 10.7. The van der Waals surface area contributed by atoms with Gasteiger partial charge < -0.3 is 15.3 Å². The van der Waals surface area contributed by atoms with E-state index in [0.717, 1.165) is 0 Å². The Morgan fingerprint density at radius 1 is 1.16 bits per heavy atom. The van der Waals surface area contributed by atoms with Crippen molar-refractivity contribution >= 4 is 5.97 Å². The predicted molar refractivity (Wildman–Crippen MR) is 68.4 cm³/mol. The van der Waals surface area contributed by atoms with Crippen molar-refractivity contribution in [2.45, 2.75) is 13.3 Å². The van der Waals surface area contributed by atoms with Gasteiger partial charge in [0.2, 0.25) is 0 Å². The van der Waals surface area contributed by atoms with E-state index in [1.165, 1.54) is 6.08 Å². The minimum absolute atomic E-state index is 0. The number of hydrogen-bond donors (Lipinski definition) is 3. The van der Waals surface area contributed by atoms with Crippen LogP contribution in [0.25, 0.3) is 0 Å². The van der Waals surface area contributed by atoms with Gasteiger partial charge in [0.1, 0.15) is 0 Å². The second kappa shape index (κ2) is 8.29. The summed E-state index contributed by atoms with van der Waals surface area (Å²) in [7, 11) is 0. The van der Waals surface area contributed by atoms with Crippen molar-refractivity contribution in [2.75, 3.05) is 0 Å². The van der Waals surface area contributed by atoms with Gasteiger partial charge in [-0.05, 0) is 18.1 Å².